The molecule has 2 rings (SSSR count). The van der Waals surface area contributed by atoms with Crippen molar-refractivity contribution in [2.45, 2.75) is 116 Å². The van der Waals surface area contributed by atoms with Gasteiger partial charge < -0.3 is 14.4 Å². The second-order valence-corrected chi connectivity index (χ2v) is 9.96. The molecule has 192 valence electrons. The van der Waals surface area contributed by atoms with Crippen LogP contribution in [0.15, 0.2) is 0 Å². The van der Waals surface area contributed by atoms with Crippen molar-refractivity contribution in [3.8, 4) is 0 Å². The summed E-state index contributed by atoms with van der Waals surface area (Å²) in [6.07, 6.45) is 18.7. The van der Waals surface area contributed by atoms with Gasteiger partial charge >= 0.3 is 5.97 Å². The van der Waals surface area contributed by atoms with Gasteiger partial charge in [-0.05, 0) is 12.8 Å². The average Bonchev–Trinajstić information content (AvgIpc) is 3.21. The summed E-state index contributed by atoms with van der Waals surface area (Å²) in [6.45, 7) is 7.45. The maximum Gasteiger partial charge on any atom is 0.306 e. The monoisotopic (exact) mass is 466 g/mol. The number of carbonyl (C=O) groups is 2. The second kappa shape index (κ2) is 18.2. The largest absolute Gasteiger partial charge is 0.459 e. The molecule has 33 heavy (non-hydrogen) atoms. The predicted molar refractivity (Wildman–Crippen MR) is 133 cm³/mol. The van der Waals surface area contributed by atoms with E-state index in [1.54, 1.807) is 0 Å². The first-order valence-corrected chi connectivity index (χ1v) is 14.0. The van der Waals surface area contributed by atoms with E-state index in [9.17, 15) is 9.59 Å². The van der Waals surface area contributed by atoms with E-state index in [1.807, 2.05) is 4.90 Å². The first-order valence-electron chi connectivity index (χ1n) is 14.0. The second-order valence-electron chi connectivity index (χ2n) is 9.96. The normalized spacial score (nSPS) is 18.1. The number of rotatable bonds is 19. The lowest BCUT2D eigenvalue weighted by atomic mass is 10.0. The van der Waals surface area contributed by atoms with Crippen LogP contribution in [0, 0.1) is 0 Å². The summed E-state index contributed by atoms with van der Waals surface area (Å²) >= 11 is 0. The molecular formula is C27H50N2O4. The summed E-state index contributed by atoms with van der Waals surface area (Å²) in [5.74, 6) is 0.0810. The third kappa shape index (κ3) is 13.4. The fraction of sp³-hybridized carbons (Fsp3) is 0.926. The molecule has 0 aromatic heterocycles. The molecule has 6 heteroatoms. The molecule has 0 saturated carbocycles. The van der Waals surface area contributed by atoms with Crippen LogP contribution in [0.4, 0.5) is 0 Å². The standard InChI is InChI=1S/C27H50N2O4/c1-2-3-4-5-6-7-8-9-10-11-12-13-14-17-27(31)33-25(23-28-19-21-32-22-20-28)24-29-18-15-16-26(29)30/h25H,2-24H2,1H3/t25-/m0/s1. The van der Waals surface area contributed by atoms with Crippen molar-refractivity contribution in [3.05, 3.63) is 0 Å². The zero-order valence-electron chi connectivity index (χ0n) is 21.4. The Kier molecular flexibility index (Phi) is 15.5. The Labute approximate surface area is 202 Å². The highest BCUT2D eigenvalue weighted by atomic mass is 16.5. The lowest BCUT2D eigenvalue weighted by Crippen LogP contribution is -2.46. The van der Waals surface area contributed by atoms with Gasteiger partial charge in [0.25, 0.3) is 0 Å². The molecule has 0 aromatic rings. The Bertz CT molecular complexity index is 522. The number of morpholine rings is 1. The molecule has 0 bridgehead atoms. The molecule has 1 atom stereocenters. The highest BCUT2D eigenvalue weighted by Gasteiger charge is 2.27. The first-order chi connectivity index (χ1) is 16.2. The molecule has 0 spiro atoms. The van der Waals surface area contributed by atoms with Gasteiger partial charge in [0, 0.05) is 39.0 Å². The van der Waals surface area contributed by atoms with E-state index in [4.69, 9.17) is 9.47 Å². The van der Waals surface area contributed by atoms with Crippen molar-refractivity contribution >= 4 is 11.9 Å². The number of nitrogens with zero attached hydrogens (tertiary/aromatic N) is 2. The van der Waals surface area contributed by atoms with Crippen LogP contribution in [0.2, 0.25) is 0 Å². The number of hydrogen-bond acceptors (Lipinski definition) is 5. The molecule has 0 aliphatic carbocycles. The summed E-state index contributed by atoms with van der Waals surface area (Å²) in [5.41, 5.74) is 0. The van der Waals surface area contributed by atoms with Gasteiger partial charge in [0.15, 0.2) is 0 Å². The summed E-state index contributed by atoms with van der Waals surface area (Å²) in [4.78, 5) is 28.7. The zero-order valence-corrected chi connectivity index (χ0v) is 21.4. The molecule has 0 aromatic carbocycles. The van der Waals surface area contributed by atoms with Crippen LogP contribution < -0.4 is 0 Å². The molecule has 0 N–H and O–H groups in total. The maximum atomic E-state index is 12.5. The quantitative estimate of drug-likeness (QED) is 0.190. The predicted octanol–water partition coefficient (Wildman–Crippen LogP) is 5.33. The van der Waals surface area contributed by atoms with Crippen LogP contribution >= 0.6 is 0 Å². The highest BCUT2D eigenvalue weighted by Crippen LogP contribution is 2.15. The third-order valence-corrected chi connectivity index (χ3v) is 6.94. The molecule has 0 unspecified atom stereocenters. The number of likely N-dealkylation sites (tertiary alicyclic amines) is 1. The van der Waals surface area contributed by atoms with Crippen molar-refractivity contribution in [1.29, 1.82) is 0 Å². The molecule has 2 heterocycles. The molecular weight excluding hydrogens is 416 g/mol. The number of carbonyl (C=O) groups excluding carboxylic acids is 2. The minimum atomic E-state index is -0.236. The lowest BCUT2D eigenvalue weighted by Gasteiger charge is -2.32. The van der Waals surface area contributed by atoms with Crippen LogP contribution in [0.3, 0.4) is 0 Å². The number of esters is 1. The first kappa shape index (κ1) is 28.1. The maximum absolute atomic E-state index is 12.5. The van der Waals surface area contributed by atoms with Gasteiger partial charge in [-0.15, -0.1) is 0 Å². The fourth-order valence-corrected chi connectivity index (χ4v) is 4.88. The van der Waals surface area contributed by atoms with Crippen molar-refractivity contribution < 1.29 is 19.1 Å². The Morgan fingerprint density at radius 3 is 1.97 bits per heavy atom. The lowest BCUT2D eigenvalue weighted by molar-refractivity contribution is -0.153. The average molecular weight is 467 g/mol. The van der Waals surface area contributed by atoms with Gasteiger partial charge in [0.2, 0.25) is 5.91 Å². The van der Waals surface area contributed by atoms with Gasteiger partial charge in [-0.25, -0.2) is 0 Å². The SMILES string of the molecule is CCCCCCCCCCCCCCCC(=O)O[C@@H](CN1CCOCC1)CN1CCCC1=O. The minimum Gasteiger partial charge on any atom is -0.459 e. The van der Waals surface area contributed by atoms with E-state index < -0.39 is 0 Å². The topological polar surface area (TPSA) is 59.1 Å². The Morgan fingerprint density at radius 1 is 0.848 bits per heavy atom. The summed E-state index contributed by atoms with van der Waals surface area (Å²) in [6, 6.07) is 0. The van der Waals surface area contributed by atoms with Crippen LogP contribution in [0.25, 0.3) is 0 Å². The van der Waals surface area contributed by atoms with E-state index in [0.717, 1.165) is 52.1 Å². The van der Waals surface area contributed by atoms with Crippen molar-refractivity contribution in [2.24, 2.45) is 0 Å². The summed E-state index contributed by atoms with van der Waals surface area (Å²) < 4.78 is 11.3. The van der Waals surface area contributed by atoms with Gasteiger partial charge in [0.05, 0.1) is 19.8 Å². The smallest absolute Gasteiger partial charge is 0.306 e. The van der Waals surface area contributed by atoms with E-state index in [1.165, 1.54) is 70.6 Å². The number of unbranched alkanes of at least 4 members (excludes halogenated alkanes) is 12. The Balaban J connectivity index is 1.52. The molecule has 2 aliphatic rings. The Hall–Kier alpha value is -1.14. The van der Waals surface area contributed by atoms with Crippen LogP contribution in [-0.4, -0.2) is 73.7 Å². The third-order valence-electron chi connectivity index (χ3n) is 6.94. The fourth-order valence-electron chi connectivity index (χ4n) is 4.88. The van der Waals surface area contributed by atoms with Crippen molar-refractivity contribution in [1.82, 2.24) is 9.80 Å². The van der Waals surface area contributed by atoms with Gasteiger partial charge in [0.1, 0.15) is 6.10 Å². The van der Waals surface area contributed by atoms with Gasteiger partial charge in [-0.1, -0.05) is 84.0 Å². The van der Waals surface area contributed by atoms with Crippen molar-refractivity contribution in [3.63, 3.8) is 0 Å². The van der Waals surface area contributed by atoms with Crippen LogP contribution in [0.1, 0.15) is 110 Å². The molecule has 2 saturated heterocycles. The van der Waals surface area contributed by atoms with E-state index in [2.05, 4.69) is 11.8 Å². The number of hydrogen-bond donors (Lipinski definition) is 0. The summed E-state index contributed by atoms with van der Waals surface area (Å²) in [7, 11) is 0. The molecule has 2 fully saturated rings. The summed E-state index contributed by atoms with van der Waals surface area (Å²) in [5, 5.41) is 0. The van der Waals surface area contributed by atoms with Gasteiger partial charge in [-0.3, -0.25) is 14.5 Å². The van der Waals surface area contributed by atoms with Gasteiger partial charge in [-0.2, -0.15) is 0 Å². The van der Waals surface area contributed by atoms with E-state index in [0.29, 0.717) is 25.9 Å². The molecule has 1 amide bonds. The van der Waals surface area contributed by atoms with Crippen LogP contribution in [0.5, 0.6) is 0 Å². The zero-order chi connectivity index (χ0) is 23.6. The van der Waals surface area contributed by atoms with E-state index in [-0.39, 0.29) is 18.0 Å². The van der Waals surface area contributed by atoms with Crippen molar-refractivity contribution in [2.75, 3.05) is 45.9 Å². The highest BCUT2D eigenvalue weighted by molar-refractivity contribution is 5.78. The van der Waals surface area contributed by atoms with E-state index >= 15 is 0 Å². The molecule has 2 aliphatic heterocycles. The number of ether oxygens (including phenoxy) is 2. The Morgan fingerprint density at radius 2 is 1.42 bits per heavy atom. The molecule has 6 nitrogen and oxygen atoms in total. The number of amides is 1. The molecule has 0 radical (unpaired) electrons. The van der Waals surface area contributed by atoms with Crippen LogP contribution in [-0.2, 0) is 19.1 Å². The minimum absolute atomic E-state index is 0.108.